The summed E-state index contributed by atoms with van der Waals surface area (Å²) in [5.41, 5.74) is 0.830. The molecule has 4 rings (SSSR count). The van der Waals surface area contributed by atoms with Crippen molar-refractivity contribution >= 4 is 11.7 Å². The number of halogens is 1. The number of benzene rings is 2. The summed E-state index contributed by atoms with van der Waals surface area (Å²) in [4.78, 5) is 28.5. The van der Waals surface area contributed by atoms with Crippen LogP contribution in [0.25, 0.3) is 11.5 Å². The zero-order chi connectivity index (χ0) is 23.5. The molecule has 8 nitrogen and oxygen atoms in total. The Morgan fingerprint density at radius 3 is 2.58 bits per heavy atom. The molecule has 1 amide bonds. The number of carbonyl (C=O) groups excluding carboxylic acids is 2. The fourth-order valence-electron chi connectivity index (χ4n) is 3.23. The normalized spacial score (nSPS) is 15.0. The van der Waals surface area contributed by atoms with E-state index in [0.717, 1.165) is 18.9 Å². The molecule has 1 saturated carbocycles. The molecule has 33 heavy (non-hydrogen) atoms. The average Bonchev–Trinajstić information content (AvgIpc) is 3.54. The Hall–Kier alpha value is -3.59. The minimum atomic E-state index is -0.750. The highest BCUT2D eigenvalue weighted by atomic mass is 19.1. The second kappa shape index (κ2) is 9.50. The molecule has 172 valence electrons. The molecule has 1 heterocycles. The standard InChI is InChI=1S/C24H24FN3O5/c1-13(12-29)26-23(31)19-10-7-17(11-20(19)25)24-27-22(28-33-24)14(2)32-18-8-5-16(6-9-18)21(30)15-3-4-15/h5-11,13-15,29H,3-4,12H2,1-2H3,(H,26,31)/t13-,14?/m1/s1. The first-order valence-electron chi connectivity index (χ1n) is 10.7. The highest BCUT2D eigenvalue weighted by Crippen LogP contribution is 2.33. The van der Waals surface area contributed by atoms with Crippen LogP contribution in [-0.2, 0) is 0 Å². The number of Topliss-reactive ketones (excluding diaryl/α,β-unsaturated/α-hetero) is 1. The lowest BCUT2D eigenvalue weighted by atomic mass is 10.1. The van der Waals surface area contributed by atoms with Gasteiger partial charge in [0.1, 0.15) is 11.6 Å². The number of amides is 1. The largest absolute Gasteiger partial charge is 0.483 e. The van der Waals surface area contributed by atoms with Gasteiger partial charge in [-0.05, 0) is 69.2 Å². The van der Waals surface area contributed by atoms with Crippen LogP contribution in [0.4, 0.5) is 4.39 Å². The van der Waals surface area contributed by atoms with Crippen LogP contribution in [0.3, 0.4) is 0 Å². The Morgan fingerprint density at radius 2 is 1.94 bits per heavy atom. The molecule has 0 bridgehead atoms. The highest BCUT2D eigenvalue weighted by Gasteiger charge is 2.30. The van der Waals surface area contributed by atoms with Gasteiger partial charge in [-0.15, -0.1) is 0 Å². The minimum Gasteiger partial charge on any atom is -0.483 e. The molecule has 1 aliphatic rings. The third-order valence-electron chi connectivity index (χ3n) is 5.32. The molecule has 2 aromatic carbocycles. The Labute approximate surface area is 189 Å². The number of nitrogens with zero attached hydrogens (tertiary/aromatic N) is 2. The number of aliphatic hydroxyl groups excluding tert-OH is 1. The molecule has 3 aromatic rings. The highest BCUT2D eigenvalue weighted by molar-refractivity contribution is 5.99. The van der Waals surface area contributed by atoms with E-state index in [1.165, 1.54) is 12.1 Å². The lowest BCUT2D eigenvalue weighted by Crippen LogP contribution is -2.35. The number of ketones is 1. The fourth-order valence-corrected chi connectivity index (χ4v) is 3.23. The van der Waals surface area contributed by atoms with Crippen molar-refractivity contribution < 1.29 is 28.3 Å². The van der Waals surface area contributed by atoms with Crippen LogP contribution in [0.1, 0.15) is 59.3 Å². The topological polar surface area (TPSA) is 115 Å². The Bertz CT molecular complexity index is 1160. The van der Waals surface area contributed by atoms with Gasteiger partial charge in [0.15, 0.2) is 11.9 Å². The summed E-state index contributed by atoms with van der Waals surface area (Å²) in [6, 6.07) is 10.4. The maximum atomic E-state index is 14.5. The maximum absolute atomic E-state index is 14.5. The molecule has 1 aromatic heterocycles. The van der Waals surface area contributed by atoms with Gasteiger partial charge in [-0.3, -0.25) is 9.59 Å². The molecule has 0 radical (unpaired) electrons. The first-order valence-corrected chi connectivity index (χ1v) is 10.7. The predicted octanol–water partition coefficient (Wildman–Crippen LogP) is 3.72. The molecule has 0 saturated heterocycles. The van der Waals surface area contributed by atoms with E-state index in [1.54, 1.807) is 38.1 Å². The van der Waals surface area contributed by atoms with E-state index in [9.17, 15) is 14.0 Å². The zero-order valence-corrected chi connectivity index (χ0v) is 18.2. The Balaban J connectivity index is 1.42. The predicted molar refractivity (Wildman–Crippen MR) is 116 cm³/mol. The van der Waals surface area contributed by atoms with Crippen molar-refractivity contribution in [2.24, 2.45) is 5.92 Å². The summed E-state index contributed by atoms with van der Waals surface area (Å²) >= 11 is 0. The average molecular weight is 453 g/mol. The van der Waals surface area contributed by atoms with Gasteiger partial charge in [-0.2, -0.15) is 4.98 Å². The van der Waals surface area contributed by atoms with Gasteiger partial charge in [0.25, 0.3) is 11.8 Å². The fraction of sp³-hybridized carbons (Fsp3) is 0.333. The van der Waals surface area contributed by atoms with E-state index in [2.05, 4.69) is 15.5 Å². The molecular formula is C24H24FN3O5. The van der Waals surface area contributed by atoms with E-state index < -0.39 is 23.9 Å². The van der Waals surface area contributed by atoms with Crippen LogP contribution in [0.5, 0.6) is 5.75 Å². The van der Waals surface area contributed by atoms with Crippen LogP contribution in [0, 0.1) is 11.7 Å². The number of hydrogen-bond donors (Lipinski definition) is 2. The number of hydrogen-bond acceptors (Lipinski definition) is 7. The molecule has 9 heteroatoms. The van der Waals surface area contributed by atoms with Crippen molar-refractivity contribution in [1.29, 1.82) is 0 Å². The van der Waals surface area contributed by atoms with Gasteiger partial charge >= 0.3 is 0 Å². The van der Waals surface area contributed by atoms with Crippen LogP contribution >= 0.6 is 0 Å². The number of nitrogens with one attached hydrogen (secondary N) is 1. The summed E-state index contributed by atoms with van der Waals surface area (Å²) < 4.78 is 25.6. The SMILES string of the molecule is CC(Oc1ccc(C(=O)C2CC2)cc1)c1noc(-c2ccc(C(=O)N[C@H](C)CO)c(F)c2)n1. The molecule has 0 spiro atoms. The number of carbonyl (C=O) groups is 2. The summed E-state index contributed by atoms with van der Waals surface area (Å²) in [6.45, 7) is 3.10. The Kier molecular flexibility index (Phi) is 6.50. The maximum Gasteiger partial charge on any atom is 0.258 e. The van der Waals surface area contributed by atoms with Crippen LogP contribution in [-0.4, -0.2) is 39.6 Å². The minimum absolute atomic E-state index is 0.0837. The molecule has 2 atom stereocenters. The second-order valence-electron chi connectivity index (χ2n) is 8.13. The van der Waals surface area contributed by atoms with E-state index >= 15 is 0 Å². The first-order chi connectivity index (χ1) is 15.9. The molecular weight excluding hydrogens is 429 g/mol. The van der Waals surface area contributed by atoms with Crippen molar-refractivity contribution in [1.82, 2.24) is 15.5 Å². The van der Waals surface area contributed by atoms with Gasteiger partial charge < -0.3 is 19.7 Å². The summed E-state index contributed by atoms with van der Waals surface area (Å²) in [6.07, 6.45) is 1.36. The van der Waals surface area contributed by atoms with Crippen LogP contribution in [0.2, 0.25) is 0 Å². The number of ether oxygens (including phenoxy) is 1. The monoisotopic (exact) mass is 453 g/mol. The number of aromatic nitrogens is 2. The second-order valence-corrected chi connectivity index (χ2v) is 8.13. The van der Waals surface area contributed by atoms with Crippen LogP contribution < -0.4 is 10.1 Å². The summed E-state index contributed by atoms with van der Waals surface area (Å²) in [7, 11) is 0. The molecule has 1 unspecified atom stereocenters. The quantitative estimate of drug-likeness (QED) is 0.475. The molecule has 1 fully saturated rings. The Morgan fingerprint density at radius 1 is 1.21 bits per heavy atom. The third kappa shape index (κ3) is 5.25. The number of aliphatic hydroxyl groups is 1. The van der Waals surface area contributed by atoms with Crippen molar-refractivity contribution in [3.05, 3.63) is 65.2 Å². The zero-order valence-electron chi connectivity index (χ0n) is 18.2. The molecule has 0 aliphatic heterocycles. The van der Waals surface area contributed by atoms with Crippen molar-refractivity contribution in [2.75, 3.05) is 6.61 Å². The molecule has 1 aliphatic carbocycles. The lowest BCUT2D eigenvalue weighted by molar-refractivity contribution is 0.0917. The third-order valence-corrected chi connectivity index (χ3v) is 5.32. The van der Waals surface area contributed by atoms with E-state index in [1.807, 2.05) is 0 Å². The van der Waals surface area contributed by atoms with Gasteiger partial charge in [0.05, 0.1) is 12.2 Å². The summed E-state index contributed by atoms with van der Waals surface area (Å²) in [5, 5.41) is 15.4. The van der Waals surface area contributed by atoms with Crippen molar-refractivity contribution in [3.63, 3.8) is 0 Å². The van der Waals surface area contributed by atoms with E-state index in [4.69, 9.17) is 14.4 Å². The smallest absolute Gasteiger partial charge is 0.258 e. The lowest BCUT2D eigenvalue weighted by Gasteiger charge is -2.11. The van der Waals surface area contributed by atoms with Gasteiger partial charge in [-0.25, -0.2) is 4.39 Å². The molecule has 2 N–H and O–H groups in total. The number of rotatable bonds is 9. The summed E-state index contributed by atoms with van der Waals surface area (Å²) in [5.74, 6) is -0.150. The van der Waals surface area contributed by atoms with Crippen LogP contribution in [0.15, 0.2) is 47.0 Å². The van der Waals surface area contributed by atoms with Crippen molar-refractivity contribution in [3.8, 4) is 17.2 Å². The van der Waals surface area contributed by atoms with Crippen molar-refractivity contribution in [2.45, 2.75) is 38.8 Å². The van der Waals surface area contributed by atoms with Gasteiger partial charge in [0.2, 0.25) is 5.82 Å². The van der Waals surface area contributed by atoms with Gasteiger partial charge in [-0.1, -0.05) is 5.16 Å². The first kappa shape index (κ1) is 22.6. The van der Waals surface area contributed by atoms with Gasteiger partial charge in [0, 0.05) is 23.1 Å². The van der Waals surface area contributed by atoms with E-state index in [0.29, 0.717) is 16.9 Å². The van der Waals surface area contributed by atoms with E-state index in [-0.39, 0.29) is 35.6 Å².